The minimum Gasteiger partial charge on any atom is -0.493 e. The van der Waals surface area contributed by atoms with Gasteiger partial charge in [0.2, 0.25) is 0 Å². The van der Waals surface area contributed by atoms with Crippen LogP contribution in [0.2, 0.25) is 0 Å². The smallest absolute Gasteiger partial charge is 0.419 e. The van der Waals surface area contributed by atoms with Crippen LogP contribution in [0.3, 0.4) is 0 Å². The molecule has 11 heteroatoms. The van der Waals surface area contributed by atoms with Crippen LogP contribution in [0.1, 0.15) is 56.1 Å². The van der Waals surface area contributed by atoms with Crippen LogP contribution < -0.4 is 14.2 Å². The lowest BCUT2D eigenvalue weighted by atomic mass is 9.98. The van der Waals surface area contributed by atoms with Crippen LogP contribution in [-0.2, 0) is 27.9 Å². The first kappa shape index (κ1) is 28.4. The Labute approximate surface area is 229 Å². The number of rotatable bonds is 8. The maximum absolute atomic E-state index is 13.6. The molecule has 1 aromatic heterocycles. The van der Waals surface area contributed by atoms with Crippen molar-refractivity contribution in [2.45, 2.75) is 53.3 Å². The minimum atomic E-state index is -3.91. The van der Waals surface area contributed by atoms with Crippen LogP contribution in [0.4, 0.5) is 4.79 Å². The van der Waals surface area contributed by atoms with E-state index in [4.69, 9.17) is 13.7 Å². The summed E-state index contributed by atoms with van der Waals surface area (Å²) in [6.07, 6.45) is 0.319. The number of carbonyl (C=O) groups excluding carboxylic acids is 2. The van der Waals surface area contributed by atoms with Gasteiger partial charge in [-0.05, 0) is 63.7 Å². The normalized spacial score (nSPS) is 13.5. The fourth-order valence-electron chi connectivity index (χ4n) is 4.75. The summed E-state index contributed by atoms with van der Waals surface area (Å²) in [5.74, 6) is -0.350. The molecule has 0 saturated carbocycles. The number of fused-ring (bicyclic) bond motifs is 2. The Bertz CT molecular complexity index is 1550. The summed E-state index contributed by atoms with van der Waals surface area (Å²) in [7, 11) is -2.53. The van der Waals surface area contributed by atoms with Crippen molar-refractivity contribution < 1.29 is 31.7 Å². The molecule has 0 aliphatic carbocycles. The largest absolute Gasteiger partial charge is 0.493 e. The number of hydrogen-bond donors (Lipinski definition) is 1. The predicted octanol–water partition coefficient (Wildman–Crippen LogP) is 4.52. The monoisotopic (exact) mass is 557 g/mol. The molecule has 1 amide bonds. The summed E-state index contributed by atoms with van der Waals surface area (Å²) in [6.45, 7) is 12.2. The van der Waals surface area contributed by atoms with E-state index in [0.29, 0.717) is 22.3 Å². The number of carbonyl (C=O) groups is 2. The molecule has 4 rings (SSSR count). The summed E-state index contributed by atoms with van der Waals surface area (Å²) in [6, 6.07) is 9.24. The first-order valence-electron chi connectivity index (χ1n) is 12.8. The third-order valence-electron chi connectivity index (χ3n) is 6.47. The molecule has 1 aliphatic rings. The molecule has 0 radical (unpaired) electrons. The molecule has 2 heterocycles. The molecule has 1 N–H and O–H groups in total. The van der Waals surface area contributed by atoms with Gasteiger partial charge in [0.05, 0.1) is 30.1 Å². The second kappa shape index (κ2) is 10.5. The van der Waals surface area contributed by atoms with Crippen molar-refractivity contribution in [2.75, 3.05) is 26.5 Å². The molecule has 0 saturated heterocycles. The zero-order chi connectivity index (χ0) is 28.7. The van der Waals surface area contributed by atoms with Crippen molar-refractivity contribution in [1.29, 1.82) is 0 Å². The maximum Gasteiger partial charge on any atom is 0.419 e. The number of aromatic nitrogens is 1. The molecule has 0 bridgehead atoms. The number of benzene rings is 2. The average molecular weight is 558 g/mol. The summed E-state index contributed by atoms with van der Waals surface area (Å²) in [5.41, 5.74) is 2.29. The van der Waals surface area contributed by atoms with Crippen molar-refractivity contribution in [2.24, 2.45) is 0 Å². The molecule has 0 unspecified atom stereocenters. The van der Waals surface area contributed by atoms with Gasteiger partial charge in [0.15, 0.2) is 11.5 Å². The van der Waals surface area contributed by atoms with Gasteiger partial charge < -0.3 is 19.0 Å². The molecule has 0 spiro atoms. The van der Waals surface area contributed by atoms with Crippen LogP contribution in [0.5, 0.6) is 11.5 Å². The summed E-state index contributed by atoms with van der Waals surface area (Å²) >= 11 is 0. The first-order chi connectivity index (χ1) is 18.3. The van der Waals surface area contributed by atoms with Gasteiger partial charge in [-0.2, -0.15) is 8.42 Å². The van der Waals surface area contributed by atoms with Gasteiger partial charge in [-0.25, -0.2) is 9.36 Å². The highest BCUT2D eigenvalue weighted by Crippen LogP contribution is 2.44. The van der Waals surface area contributed by atoms with E-state index in [1.165, 1.54) is 17.7 Å². The quantitative estimate of drug-likeness (QED) is 0.402. The van der Waals surface area contributed by atoms with E-state index in [9.17, 15) is 18.0 Å². The maximum atomic E-state index is 13.6. The van der Waals surface area contributed by atoms with Crippen molar-refractivity contribution in [1.82, 2.24) is 14.8 Å². The molecular formula is C28H35N3O7S. The molecular weight excluding hydrogens is 522 g/mol. The van der Waals surface area contributed by atoms with Crippen molar-refractivity contribution in [3.8, 4) is 22.8 Å². The molecule has 10 nitrogen and oxygen atoms in total. The Hall–Kier alpha value is -3.57. The lowest BCUT2D eigenvalue weighted by molar-refractivity contribution is 0.0546. The van der Waals surface area contributed by atoms with Crippen LogP contribution in [0.15, 0.2) is 30.3 Å². The van der Waals surface area contributed by atoms with E-state index >= 15 is 0 Å². The average Bonchev–Trinajstić information content (AvgIpc) is 3.41. The van der Waals surface area contributed by atoms with E-state index in [2.05, 4.69) is 24.1 Å². The second-order valence-electron chi connectivity index (χ2n) is 10.5. The molecule has 0 atom stereocenters. The Balaban J connectivity index is 2.00. The third kappa shape index (κ3) is 5.89. The second-order valence-corrected chi connectivity index (χ2v) is 12.1. The zero-order valence-electron chi connectivity index (χ0n) is 23.4. The lowest BCUT2D eigenvalue weighted by Crippen LogP contribution is -2.27. The van der Waals surface area contributed by atoms with Crippen LogP contribution in [-0.4, -0.2) is 61.9 Å². The molecule has 2 aromatic carbocycles. The molecule has 39 heavy (non-hydrogen) atoms. The minimum absolute atomic E-state index is 0.0455. The summed E-state index contributed by atoms with van der Waals surface area (Å²) in [4.78, 5) is 28.9. The van der Waals surface area contributed by atoms with Crippen molar-refractivity contribution in [3.05, 3.63) is 47.0 Å². The van der Waals surface area contributed by atoms with Crippen LogP contribution >= 0.6 is 0 Å². The van der Waals surface area contributed by atoms with E-state index in [0.717, 1.165) is 36.8 Å². The van der Waals surface area contributed by atoms with Gasteiger partial charge in [0.25, 0.3) is 5.91 Å². The number of nitrogens with zero attached hydrogens (tertiary/aromatic N) is 2. The highest BCUT2D eigenvalue weighted by molar-refractivity contribution is 7.86. The van der Waals surface area contributed by atoms with Gasteiger partial charge in [-0.15, -0.1) is 0 Å². The molecule has 1 aliphatic heterocycles. The van der Waals surface area contributed by atoms with Crippen molar-refractivity contribution >= 4 is 33.0 Å². The number of hydrogen-bond acceptors (Lipinski definition) is 8. The van der Waals surface area contributed by atoms with Crippen LogP contribution in [0, 0.1) is 0 Å². The van der Waals surface area contributed by atoms with Gasteiger partial charge >= 0.3 is 16.2 Å². The van der Waals surface area contributed by atoms with E-state index in [1.807, 2.05) is 24.3 Å². The standard InChI is InChI=1S/C28H35N3O7S/c1-8-30(9-2)16-17-10-11-21-18(12-17)13-22(31(21)27(33)37-28(3,4)5)19-14-23(36-6)25(38-39(7,34)35)20-15-29-26(32)24(19)20/h10-14H,8-9,15-16H2,1-7H3,(H,29,32). The van der Waals surface area contributed by atoms with Gasteiger partial charge in [0, 0.05) is 29.6 Å². The summed E-state index contributed by atoms with van der Waals surface area (Å²) in [5, 5.41) is 3.53. The number of ether oxygens (including phenoxy) is 2. The highest BCUT2D eigenvalue weighted by atomic mass is 32.2. The molecule has 0 fully saturated rings. The fourth-order valence-corrected chi connectivity index (χ4v) is 5.23. The number of methoxy groups -OCH3 is 1. The lowest BCUT2D eigenvalue weighted by Gasteiger charge is -2.22. The fraction of sp³-hybridized carbons (Fsp3) is 0.429. The zero-order valence-corrected chi connectivity index (χ0v) is 24.2. The first-order valence-corrected chi connectivity index (χ1v) is 14.6. The number of nitrogens with one attached hydrogen (secondary N) is 1. The van der Waals surface area contributed by atoms with Crippen molar-refractivity contribution in [3.63, 3.8) is 0 Å². The Morgan fingerprint density at radius 3 is 2.41 bits per heavy atom. The topological polar surface area (TPSA) is 116 Å². The van der Waals surface area contributed by atoms with E-state index in [-0.39, 0.29) is 23.6 Å². The van der Waals surface area contributed by atoms with Gasteiger partial charge in [-0.1, -0.05) is 19.9 Å². The van der Waals surface area contributed by atoms with Gasteiger partial charge in [0.1, 0.15) is 5.60 Å². The Morgan fingerprint density at radius 2 is 1.82 bits per heavy atom. The third-order valence-corrected chi connectivity index (χ3v) is 6.94. The molecule has 210 valence electrons. The summed E-state index contributed by atoms with van der Waals surface area (Å²) < 4.78 is 41.9. The Kier molecular flexibility index (Phi) is 7.68. The van der Waals surface area contributed by atoms with E-state index in [1.54, 1.807) is 20.8 Å². The SMILES string of the molecule is CCN(CC)Cc1ccc2c(c1)cc(-c1cc(OC)c(OS(C)(=O)=O)c3c1C(=O)NC3)n2C(=O)OC(C)(C)C. The number of amides is 1. The van der Waals surface area contributed by atoms with E-state index < -0.39 is 27.7 Å². The predicted molar refractivity (Wildman–Crippen MR) is 149 cm³/mol. The molecule has 3 aromatic rings. The Morgan fingerprint density at radius 1 is 1.13 bits per heavy atom. The van der Waals surface area contributed by atoms with Crippen LogP contribution in [0.25, 0.3) is 22.2 Å². The van der Waals surface area contributed by atoms with Gasteiger partial charge in [-0.3, -0.25) is 9.69 Å². The highest BCUT2D eigenvalue weighted by Gasteiger charge is 2.34.